The molecule has 0 spiro atoms. The predicted octanol–water partition coefficient (Wildman–Crippen LogP) is 2.00. The first-order valence-electron chi connectivity index (χ1n) is 16.6. The monoisotopic (exact) mass is 697 g/mol. The Kier molecular flexibility index (Phi) is 7.94. The molecule has 2 aromatic heterocycles. The number of pyridine rings is 2. The number of carbonyl (C=O) groups is 3. The lowest BCUT2D eigenvalue weighted by molar-refractivity contribution is -0.259. The second-order valence-corrected chi connectivity index (χ2v) is 13.6. The minimum Gasteiger partial charge on any atom is -0.507 e. The number of aromatic nitrogens is 2. The second-order valence-electron chi connectivity index (χ2n) is 13.6. The van der Waals surface area contributed by atoms with Crippen LogP contribution in [0, 0.1) is 0 Å². The van der Waals surface area contributed by atoms with Crippen molar-refractivity contribution < 1.29 is 54.1 Å². The van der Waals surface area contributed by atoms with Crippen molar-refractivity contribution in [2.75, 3.05) is 13.7 Å². The summed E-state index contributed by atoms with van der Waals surface area (Å²) in [6, 6.07) is 9.72. The lowest BCUT2D eigenvalue weighted by Crippen LogP contribution is -2.54. The predicted molar refractivity (Wildman–Crippen MR) is 176 cm³/mol. The second kappa shape index (κ2) is 12.1. The first-order chi connectivity index (χ1) is 24.4. The van der Waals surface area contributed by atoms with E-state index >= 15 is 0 Å². The molecule has 4 aromatic rings. The fourth-order valence-electron chi connectivity index (χ4n) is 8.12. The highest BCUT2D eigenvalue weighted by Crippen LogP contribution is 2.52. The molecule has 6 atom stereocenters. The average Bonchev–Trinajstić information content (AvgIpc) is 3.54. The van der Waals surface area contributed by atoms with Gasteiger partial charge in [0, 0.05) is 66.7 Å². The van der Waals surface area contributed by atoms with Gasteiger partial charge >= 0.3 is 0 Å². The third kappa shape index (κ3) is 5.12. The van der Waals surface area contributed by atoms with Gasteiger partial charge in [-0.05, 0) is 36.8 Å². The van der Waals surface area contributed by atoms with Crippen LogP contribution in [0.4, 0.5) is 0 Å². The Morgan fingerprint density at radius 2 is 1.86 bits per heavy atom. The Morgan fingerprint density at radius 1 is 1.08 bits per heavy atom. The number of aliphatic hydroxyl groups is 3. The van der Waals surface area contributed by atoms with E-state index in [-0.39, 0.29) is 34.4 Å². The average molecular weight is 698 g/mol. The molecule has 264 valence electrons. The number of Topliss-reactive ketones (excluding diaryl/α,β-unsaturated/α-hetero) is 1. The molecular weight excluding hydrogens is 662 g/mol. The number of nitrogens with zero attached hydrogens (tertiary/aromatic N) is 3. The van der Waals surface area contributed by atoms with Gasteiger partial charge < -0.3 is 39.7 Å². The fraction of sp³-hybridized carbons (Fsp3) is 0.378. The minimum absolute atomic E-state index is 0.0513. The maximum absolute atomic E-state index is 14.0. The Balaban J connectivity index is 1.16. The highest BCUT2D eigenvalue weighted by molar-refractivity contribution is 6.31. The molecule has 0 bridgehead atoms. The highest BCUT2D eigenvalue weighted by atomic mass is 16.7. The van der Waals surface area contributed by atoms with Crippen molar-refractivity contribution in [1.29, 1.82) is 0 Å². The van der Waals surface area contributed by atoms with Gasteiger partial charge in [0.25, 0.3) is 0 Å². The van der Waals surface area contributed by atoms with Crippen LogP contribution in [0.3, 0.4) is 0 Å². The van der Waals surface area contributed by atoms with Crippen LogP contribution in [0.5, 0.6) is 17.2 Å². The lowest BCUT2D eigenvalue weighted by Gasteiger charge is -2.44. The zero-order valence-electron chi connectivity index (χ0n) is 27.7. The van der Waals surface area contributed by atoms with E-state index in [0.29, 0.717) is 18.7 Å². The normalized spacial score (nSPS) is 27.1. The third-order valence-corrected chi connectivity index (χ3v) is 10.7. The Morgan fingerprint density at radius 3 is 2.63 bits per heavy atom. The number of hydrogen-bond acceptors (Lipinski definition) is 14. The van der Waals surface area contributed by atoms with Gasteiger partial charge in [-0.3, -0.25) is 19.3 Å². The number of rotatable bonds is 6. The van der Waals surface area contributed by atoms with E-state index in [9.17, 15) is 39.9 Å². The van der Waals surface area contributed by atoms with Gasteiger partial charge in [-0.25, -0.2) is 9.97 Å². The van der Waals surface area contributed by atoms with Crippen LogP contribution in [-0.4, -0.2) is 102 Å². The number of methoxy groups -OCH3 is 1. The van der Waals surface area contributed by atoms with Crippen LogP contribution in [-0.2, 0) is 33.8 Å². The Hall–Kier alpha value is -4.83. The molecule has 0 amide bonds. The summed E-state index contributed by atoms with van der Waals surface area (Å²) in [6.45, 7) is 1.58. The van der Waals surface area contributed by atoms with Gasteiger partial charge in [0.05, 0.1) is 47.8 Å². The van der Waals surface area contributed by atoms with Crippen molar-refractivity contribution in [1.82, 2.24) is 14.9 Å². The summed E-state index contributed by atoms with van der Waals surface area (Å²) in [7, 11) is 1.34. The largest absolute Gasteiger partial charge is 0.507 e. The van der Waals surface area contributed by atoms with Crippen molar-refractivity contribution >= 4 is 28.4 Å². The molecule has 14 heteroatoms. The molecule has 1 saturated heterocycles. The topological polar surface area (TPSA) is 209 Å². The van der Waals surface area contributed by atoms with Crippen molar-refractivity contribution in [3.05, 3.63) is 87.2 Å². The van der Waals surface area contributed by atoms with Gasteiger partial charge in [0.2, 0.25) is 5.78 Å². The molecule has 0 radical (unpaired) electrons. The van der Waals surface area contributed by atoms with Crippen molar-refractivity contribution in [2.24, 2.45) is 0 Å². The van der Waals surface area contributed by atoms with Crippen LogP contribution in [0.15, 0.2) is 42.6 Å². The maximum atomic E-state index is 14.0. The van der Waals surface area contributed by atoms with E-state index in [1.54, 1.807) is 13.1 Å². The summed E-state index contributed by atoms with van der Waals surface area (Å²) in [5, 5.41) is 57.0. The van der Waals surface area contributed by atoms with Gasteiger partial charge in [-0.15, -0.1) is 0 Å². The van der Waals surface area contributed by atoms with Gasteiger partial charge in [0.15, 0.2) is 23.5 Å². The summed E-state index contributed by atoms with van der Waals surface area (Å²) in [6.07, 6.45) is -3.35. The molecular formula is C37H35N3O11. The van der Waals surface area contributed by atoms with Crippen molar-refractivity contribution in [3.63, 3.8) is 0 Å². The van der Waals surface area contributed by atoms with E-state index in [1.807, 2.05) is 18.2 Å². The highest BCUT2D eigenvalue weighted by Gasteiger charge is 2.51. The van der Waals surface area contributed by atoms with E-state index in [2.05, 4.69) is 9.88 Å². The summed E-state index contributed by atoms with van der Waals surface area (Å²) >= 11 is 0. The first-order valence-corrected chi connectivity index (χ1v) is 16.6. The van der Waals surface area contributed by atoms with Crippen LogP contribution < -0.4 is 4.74 Å². The molecule has 5 N–H and O–H groups in total. The molecule has 0 unspecified atom stereocenters. The SMILES string of the molecule is COc1cccc2c1C(=O)c1c(O)c3c(c(O)c1C2=O)C[C@@](O)(C(=O)CO)C[C@@H]3O[C@H]1C[C@H](N2Cc3cc4cccnc4nc3C2)[C@H](O)[C@H](C)O1. The molecule has 2 aliphatic carbocycles. The number of carbonyl (C=O) groups excluding carboxylic acids is 3. The molecule has 4 aliphatic rings. The number of fused-ring (bicyclic) bond motifs is 5. The number of aliphatic hydroxyl groups excluding tert-OH is 2. The molecule has 14 nitrogen and oxygen atoms in total. The molecule has 2 aromatic carbocycles. The van der Waals surface area contributed by atoms with Crippen LogP contribution in [0.2, 0.25) is 0 Å². The van der Waals surface area contributed by atoms with Gasteiger partial charge in [-0.1, -0.05) is 12.1 Å². The maximum Gasteiger partial charge on any atom is 0.202 e. The fourth-order valence-corrected chi connectivity index (χ4v) is 8.12. The molecule has 4 heterocycles. The third-order valence-electron chi connectivity index (χ3n) is 10.7. The zero-order chi connectivity index (χ0) is 35.9. The lowest BCUT2D eigenvalue weighted by atomic mass is 9.72. The minimum atomic E-state index is -2.27. The molecule has 51 heavy (non-hydrogen) atoms. The van der Waals surface area contributed by atoms with Crippen molar-refractivity contribution in [2.45, 2.75) is 75.5 Å². The van der Waals surface area contributed by atoms with E-state index < -0.39 is 95.7 Å². The van der Waals surface area contributed by atoms with E-state index in [0.717, 1.165) is 16.6 Å². The summed E-state index contributed by atoms with van der Waals surface area (Å²) in [4.78, 5) is 51.8. The molecule has 8 rings (SSSR count). The Labute approximate surface area is 290 Å². The number of ketones is 3. The number of aromatic hydroxyl groups is 2. The molecule has 2 aliphatic heterocycles. The van der Waals surface area contributed by atoms with Gasteiger partial charge in [0.1, 0.15) is 29.5 Å². The number of ether oxygens (including phenoxy) is 3. The summed E-state index contributed by atoms with van der Waals surface area (Å²) < 4.78 is 17.9. The molecule has 1 fully saturated rings. The van der Waals surface area contributed by atoms with E-state index in [1.165, 1.54) is 25.3 Å². The number of phenolic OH excluding ortho intramolecular Hbond substituents is 2. The number of phenols is 2. The Bertz CT molecular complexity index is 2110. The van der Waals surface area contributed by atoms with Crippen LogP contribution in [0.1, 0.15) is 80.1 Å². The first kappa shape index (κ1) is 33.3. The summed E-state index contributed by atoms with van der Waals surface area (Å²) in [5.74, 6) is -3.75. The standard InChI is InChI=1S/C37H35N3O11/c1-16-31(43)22(40-13-18-9-17-5-4-8-38-36(17)39-21(18)14-40)10-26(50-16)51-24-12-37(48,25(42)15-41)11-20-28(24)35(47)30-29(33(20)45)32(44)19-6-3-7-23(49-2)27(19)34(30)46/h3-9,16,22,24,26,31,41,43,45,47-48H,10-15H2,1-2H3/t16-,22-,24-,26-,31+,37-/m0/s1. The quantitative estimate of drug-likeness (QED) is 0.161. The summed E-state index contributed by atoms with van der Waals surface area (Å²) in [5.41, 5.74) is -1.18. The van der Waals surface area contributed by atoms with Crippen LogP contribution in [0.25, 0.3) is 11.0 Å². The molecule has 0 saturated carbocycles. The van der Waals surface area contributed by atoms with Crippen LogP contribution >= 0.6 is 0 Å². The van der Waals surface area contributed by atoms with Crippen molar-refractivity contribution in [3.8, 4) is 17.2 Å². The smallest absolute Gasteiger partial charge is 0.202 e. The van der Waals surface area contributed by atoms with E-state index in [4.69, 9.17) is 19.2 Å². The zero-order valence-corrected chi connectivity index (χ0v) is 27.7. The number of hydrogen-bond donors (Lipinski definition) is 5. The van der Waals surface area contributed by atoms with Gasteiger partial charge in [-0.2, -0.15) is 0 Å². The number of benzene rings is 2.